The number of nitrogens with zero attached hydrogens (tertiary/aromatic N) is 4. The maximum Gasteiger partial charge on any atom is 0.253 e. The minimum Gasteiger partial charge on any atom is -0.497 e. The maximum absolute atomic E-state index is 13.2. The Kier molecular flexibility index (Phi) is 5.71. The fourth-order valence-electron chi connectivity index (χ4n) is 5.29. The van der Waals surface area contributed by atoms with Gasteiger partial charge in [0.15, 0.2) is 6.10 Å². The lowest BCUT2D eigenvalue weighted by Crippen LogP contribution is -2.55. The van der Waals surface area contributed by atoms with Crippen molar-refractivity contribution in [1.29, 1.82) is 0 Å². The number of rotatable bonds is 4. The molecule has 2 fully saturated rings. The van der Waals surface area contributed by atoms with Gasteiger partial charge in [-0.25, -0.2) is 4.98 Å². The van der Waals surface area contributed by atoms with E-state index in [9.17, 15) is 4.79 Å². The van der Waals surface area contributed by atoms with Crippen molar-refractivity contribution in [2.24, 2.45) is 0 Å². The van der Waals surface area contributed by atoms with Crippen LogP contribution in [0.2, 0.25) is 0 Å². The number of imidazole rings is 1. The van der Waals surface area contributed by atoms with E-state index in [4.69, 9.17) is 9.47 Å². The number of hydrogen-bond acceptors (Lipinski definition) is 5. The van der Waals surface area contributed by atoms with Gasteiger partial charge in [-0.2, -0.15) is 0 Å². The molecule has 1 atom stereocenters. The molecule has 0 saturated carbocycles. The number of piperidine rings is 2. The molecule has 1 aromatic carbocycles. The highest BCUT2D eigenvalue weighted by Gasteiger charge is 2.47. The molecule has 0 N–H and O–H groups in total. The van der Waals surface area contributed by atoms with E-state index >= 15 is 0 Å². The predicted octanol–water partition coefficient (Wildman–Crippen LogP) is 2.79. The van der Waals surface area contributed by atoms with Gasteiger partial charge in [-0.1, -0.05) is 12.1 Å². The first-order valence-electron chi connectivity index (χ1n) is 11.5. The van der Waals surface area contributed by atoms with Crippen molar-refractivity contribution in [1.82, 2.24) is 19.4 Å². The van der Waals surface area contributed by atoms with Gasteiger partial charge in [-0.3, -0.25) is 9.69 Å². The summed E-state index contributed by atoms with van der Waals surface area (Å²) in [4.78, 5) is 22.3. The highest BCUT2D eigenvalue weighted by molar-refractivity contribution is 5.81. The Morgan fingerprint density at radius 3 is 2.77 bits per heavy atom. The molecule has 31 heavy (non-hydrogen) atoms. The molecule has 7 heteroatoms. The monoisotopic (exact) mass is 424 g/mol. The van der Waals surface area contributed by atoms with E-state index in [0.29, 0.717) is 6.54 Å². The highest BCUT2D eigenvalue weighted by Crippen LogP contribution is 2.40. The number of fused-ring (bicyclic) bond motifs is 2. The van der Waals surface area contributed by atoms with Gasteiger partial charge < -0.3 is 18.9 Å². The van der Waals surface area contributed by atoms with Crippen LogP contribution in [0.5, 0.6) is 5.75 Å². The number of amides is 1. The Morgan fingerprint density at radius 2 is 2.00 bits per heavy atom. The second-order valence-electron chi connectivity index (χ2n) is 9.02. The highest BCUT2D eigenvalue weighted by atomic mass is 16.5. The smallest absolute Gasteiger partial charge is 0.253 e. The van der Waals surface area contributed by atoms with Crippen LogP contribution in [0.15, 0.2) is 36.7 Å². The third-order valence-electron chi connectivity index (χ3n) is 7.00. The van der Waals surface area contributed by atoms with Crippen LogP contribution >= 0.6 is 0 Å². The fraction of sp³-hybridized carbons (Fsp3) is 0.583. The molecule has 0 bridgehead atoms. The van der Waals surface area contributed by atoms with Crippen LogP contribution in [-0.2, 0) is 28.2 Å². The molecule has 0 radical (unpaired) electrons. The Balaban J connectivity index is 1.29. The molecule has 166 valence electrons. The molecule has 1 spiro atoms. The van der Waals surface area contributed by atoms with E-state index < -0.39 is 11.7 Å². The lowest BCUT2D eigenvalue weighted by molar-refractivity contribution is -0.182. The zero-order valence-corrected chi connectivity index (χ0v) is 18.3. The van der Waals surface area contributed by atoms with E-state index in [2.05, 4.69) is 26.6 Å². The zero-order valence-electron chi connectivity index (χ0n) is 18.3. The number of carbonyl (C=O) groups excluding carboxylic acids is 1. The first-order valence-corrected chi connectivity index (χ1v) is 11.5. The minimum absolute atomic E-state index is 0.150. The summed E-state index contributed by atoms with van der Waals surface area (Å²) in [5.74, 6) is 2.02. The van der Waals surface area contributed by atoms with Gasteiger partial charge in [0, 0.05) is 45.1 Å². The molecule has 0 aliphatic carbocycles. The topological polar surface area (TPSA) is 59.8 Å². The van der Waals surface area contributed by atoms with Crippen LogP contribution in [-0.4, -0.2) is 64.7 Å². The first-order chi connectivity index (χ1) is 15.2. The molecule has 1 amide bonds. The standard InChI is InChI=1S/C24H32N4O3/c1-30-20-7-5-6-19(16-20)17-26-13-8-24(9-14-26)23-25-10-15-28(23)18-21(31-24)22(29)27-11-3-2-4-12-27/h5-7,10,15-16,21H,2-4,8-9,11-14,17-18H2,1H3/t21-/m1/s1. The molecule has 3 aliphatic rings. The van der Waals surface area contributed by atoms with Crippen molar-refractivity contribution >= 4 is 5.91 Å². The Hall–Kier alpha value is -2.38. The average molecular weight is 425 g/mol. The second kappa shape index (κ2) is 8.63. The summed E-state index contributed by atoms with van der Waals surface area (Å²) >= 11 is 0. The predicted molar refractivity (Wildman–Crippen MR) is 117 cm³/mol. The largest absolute Gasteiger partial charge is 0.497 e. The van der Waals surface area contributed by atoms with Gasteiger partial charge in [0.05, 0.1) is 13.7 Å². The zero-order chi connectivity index (χ0) is 21.3. The van der Waals surface area contributed by atoms with E-state index in [-0.39, 0.29) is 5.91 Å². The van der Waals surface area contributed by atoms with Crippen LogP contribution in [0.4, 0.5) is 0 Å². The normalized spacial score (nSPS) is 23.5. The van der Waals surface area contributed by atoms with Gasteiger partial charge in [0.2, 0.25) is 0 Å². The van der Waals surface area contributed by atoms with E-state index in [1.807, 2.05) is 29.4 Å². The lowest BCUT2D eigenvalue weighted by Gasteiger charge is -2.46. The molecular weight excluding hydrogens is 392 g/mol. The number of benzene rings is 1. The summed E-state index contributed by atoms with van der Waals surface area (Å²) in [6, 6.07) is 8.26. The van der Waals surface area contributed by atoms with Gasteiger partial charge in [0.25, 0.3) is 5.91 Å². The van der Waals surface area contributed by atoms with Gasteiger partial charge in [-0.15, -0.1) is 0 Å². The van der Waals surface area contributed by atoms with Crippen molar-refractivity contribution in [3.05, 3.63) is 48.0 Å². The molecule has 0 unspecified atom stereocenters. The first kappa shape index (κ1) is 20.5. The molecule has 1 aromatic heterocycles. The number of likely N-dealkylation sites (tertiary alicyclic amines) is 2. The average Bonchev–Trinajstić information content (AvgIpc) is 3.31. The minimum atomic E-state index is -0.470. The van der Waals surface area contributed by atoms with Crippen LogP contribution in [0.25, 0.3) is 0 Å². The molecule has 2 saturated heterocycles. The summed E-state index contributed by atoms with van der Waals surface area (Å²) in [6.07, 6.45) is 8.53. The number of carbonyl (C=O) groups is 1. The molecule has 3 aliphatic heterocycles. The van der Waals surface area contributed by atoms with Crippen molar-refractivity contribution in [3.8, 4) is 5.75 Å². The maximum atomic E-state index is 13.2. The summed E-state index contributed by atoms with van der Waals surface area (Å²) in [5, 5.41) is 0. The van der Waals surface area contributed by atoms with Crippen molar-refractivity contribution < 1.29 is 14.3 Å². The quantitative estimate of drug-likeness (QED) is 0.755. The van der Waals surface area contributed by atoms with E-state index in [0.717, 1.165) is 70.0 Å². The van der Waals surface area contributed by atoms with E-state index in [1.54, 1.807) is 7.11 Å². The lowest BCUT2D eigenvalue weighted by atomic mass is 9.88. The number of ether oxygens (including phenoxy) is 2. The summed E-state index contributed by atoms with van der Waals surface area (Å²) in [5.41, 5.74) is 0.780. The Labute approximate surface area is 183 Å². The Morgan fingerprint density at radius 1 is 1.19 bits per heavy atom. The number of hydrogen-bond donors (Lipinski definition) is 0. The molecular formula is C24H32N4O3. The Bertz CT molecular complexity index is 913. The van der Waals surface area contributed by atoms with Crippen molar-refractivity contribution in [3.63, 3.8) is 0 Å². The third kappa shape index (κ3) is 4.08. The second-order valence-corrected chi connectivity index (χ2v) is 9.02. The van der Waals surface area contributed by atoms with Gasteiger partial charge >= 0.3 is 0 Å². The third-order valence-corrected chi connectivity index (χ3v) is 7.00. The van der Waals surface area contributed by atoms with Gasteiger partial charge in [-0.05, 0) is 49.8 Å². The van der Waals surface area contributed by atoms with E-state index in [1.165, 1.54) is 12.0 Å². The molecule has 2 aromatic rings. The number of methoxy groups -OCH3 is 1. The summed E-state index contributed by atoms with van der Waals surface area (Å²) in [7, 11) is 1.70. The summed E-state index contributed by atoms with van der Waals surface area (Å²) in [6.45, 7) is 4.99. The molecule has 7 nitrogen and oxygen atoms in total. The molecule has 5 rings (SSSR count). The fourth-order valence-corrected chi connectivity index (χ4v) is 5.29. The van der Waals surface area contributed by atoms with Gasteiger partial charge in [0.1, 0.15) is 17.2 Å². The van der Waals surface area contributed by atoms with Crippen LogP contribution < -0.4 is 4.74 Å². The SMILES string of the molecule is COc1cccc(CN2CCC3(CC2)O[C@@H](C(=O)N2CCCCC2)Cn2ccnc23)c1. The summed E-state index contributed by atoms with van der Waals surface area (Å²) < 4.78 is 14.1. The molecule has 4 heterocycles. The van der Waals surface area contributed by atoms with Crippen molar-refractivity contribution in [2.75, 3.05) is 33.3 Å². The van der Waals surface area contributed by atoms with Crippen LogP contribution in [0.1, 0.15) is 43.5 Å². The van der Waals surface area contributed by atoms with Crippen LogP contribution in [0.3, 0.4) is 0 Å². The number of aromatic nitrogens is 2. The van der Waals surface area contributed by atoms with Crippen LogP contribution in [0, 0.1) is 0 Å². The van der Waals surface area contributed by atoms with Crippen molar-refractivity contribution in [2.45, 2.75) is 56.9 Å².